The number of carbonyl (C=O) groups excluding carboxylic acids is 1. The maximum atomic E-state index is 11.8. The Morgan fingerprint density at radius 2 is 2.19 bits per heavy atom. The average Bonchev–Trinajstić information content (AvgIpc) is 2.66. The van der Waals surface area contributed by atoms with Gasteiger partial charge in [-0.15, -0.1) is 0 Å². The van der Waals surface area contributed by atoms with Crippen LogP contribution in [0.25, 0.3) is 10.8 Å². The van der Waals surface area contributed by atoms with E-state index in [1.54, 1.807) is 17.3 Å². The summed E-state index contributed by atoms with van der Waals surface area (Å²) >= 11 is 0. The van der Waals surface area contributed by atoms with E-state index in [2.05, 4.69) is 4.98 Å². The second-order valence-corrected chi connectivity index (χ2v) is 6.60. The third kappa shape index (κ3) is 4.53. The molecule has 27 heavy (non-hydrogen) atoms. The molecule has 8 heteroatoms. The van der Waals surface area contributed by atoms with Crippen LogP contribution in [0.2, 0.25) is 0 Å². The van der Waals surface area contributed by atoms with Gasteiger partial charge in [0.2, 0.25) is 5.91 Å². The number of carboxylic acids is 1. The Balaban J connectivity index is 1.71. The van der Waals surface area contributed by atoms with Crippen molar-refractivity contribution in [2.24, 2.45) is 5.73 Å². The van der Waals surface area contributed by atoms with E-state index in [9.17, 15) is 14.7 Å². The number of aromatic nitrogens is 1. The van der Waals surface area contributed by atoms with Crippen LogP contribution < -0.4 is 10.5 Å². The fourth-order valence-corrected chi connectivity index (χ4v) is 3.48. The predicted molar refractivity (Wildman–Crippen MR) is 98.1 cm³/mol. The Kier molecular flexibility index (Phi) is 5.88. The molecule has 1 fully saturated rings. The van der Waals surface area contributed by atoms with Crippen molar-refractivity contribution in [2.75, 3.05) is 13.7 Å². The van der Waals surface area contributed by atoms with Gasteiger partial charge in [0.15, 0.2) is 0 Å². The van der Waals surface area contributed by atoms with Crippen molar-refractivity contribution in [1.82, 2.24) is 9.88 Å². The number of hydrogen-bond acceptors (Lipinski definition) is 6. The Morgan fingerprint density at radius 1 is 1.37 bits per heavy atom. The molecule has 0 saturated carbocycles. The molecule has 0 spiro atoms. The highest BCUT2D eigenvalue weighted by Crippen LogP contribution is 2.27. The van der Waals surface area contributed by atoms with Crippen molar-refractivity contribution >= 4 is 22.6 Å². The Morgan fingerprint density at radius 3 is 2.89 bits per heavy atom. The lowest BCUT2D eigenvalue weighted by atomic mass is 9.98. The number of carbonyl (C=O) groups is 2. The quantitative estimate of drug-likeness (QED) is 0.753. The van der Waals surface area contributed by atoms with Gasteiger partial charge in [-0.25, -0.2) is 0 Å². The third-order valence-electron chi connectivity index (χ3n) is 4.81. The molecular weight excluding hydrogens is 350 g/mol. The summed E-state index contributed by atoms with van der Waals surface area (Å²) in [4.78, 5) is 28.8. The molecule has 3 atom stereocenters. The Hall–Kier alpha value is -2.71. The van der Waals surface area contributed by atoms with Gasteiger partial charge >= 0.3 is 5.97 Å². The molecule has 0 radical (unpaired) electrons. The van der Waals surface area contributed by atoms with Crippen molar-refractivity contribution in [2.45, 2.75) is 37.6 Å². The van der Waals surface area contributed by atoms with Crippen LogP contribution in [0, 0.1) is 0 Å². The van der Waals surface area contributed by atoms with Crippen LogP contribution in [0.15, 0.2) is 36.7 Å². The first kappa shape index (κ1) is 19.1. The minimum absolute atomic E-state index is 0.0511. The summed E-state index contributed by atoms with van der Waals surface area (Å²) in [5.74, 6) is -0.814. The normalized spacial score (nSPS) is 21.7. The molecule has 1 unspecified atom stereocenters. The fraction of sp³-hybridized carbons (Fsp3) is 0.421. The summed E-state index contributed by atoms with van der Waals surface area (Å²) in [6.45, 7) is 0.435. The van der Waals surface area contributed by atoms with Crippen molar-refractivity contribution in [1.29, 1.82) is 0 Å². The van der Waals surface area contributed by atoms with E-state index in [0.717, 1.165) is 10.8 Å². The van der Waals surface area contributed by atoms with Crippen LogP contribution in [-0.2, 0) is 14.3 Å². The minimum Gasteiger partial charge on any atom is -0.490 e. The lowest BCUT2D eigenvalue weighted by Gasteiger charge is -2.40. The van der Waals surface area contributed by atoms with Crippen LogP contribution in [0.3, 0.4) is 0 Å². The number of pyridine rings is 1. The van der Waals surface area contributed by atoms with Crippen LogP contribution in [0.1, 0.15) is 19.3 Å². The predicted octanol–water partition coefficient (Wildman–Crippen LogP) is 1.38. The Bertz CT molecular complexity index is 828. The highest BCUT2D eigenvalue weighted by molar-refractivity contribution is 5.82. The topological polar surface area (TPSA) is 115 Å². The van der Waals surface area contributed by atoms with Gasteiger partial charge in [0.1, 0.15) is 24.1 Å². The van der Waals surface area contributed by atoms with Crippen molar-refractivity contribution in [3.63, 3.8) is 0 Å². The van der Waals surface area contributed by atoms with Gasteiger partial charge in [-0.1, -0.05) is 0 Å². The number of methoxy groups -OCH3 is 1. The van der Waals surface area contributed by atoms with Crippen LogP contribution >= 0.6 is 0 Å². The van der Waals surface area contributed by atoms with Gasteiger partial charge in [-0.2, -0.15) is 0 Å². The first-order valence-electron chi connectivity index (χ1n) is 8.78. The molecule has 8 nitrogen and oxygen atoms in total. The van der Waals surface area contributed by atoms with Crippen LogP contribution in [0.5, 0.6) is 5.75 Å². The SMILES string of the molecule is COC(CC(N)=O)N1CC[C@@H](Oc2ccc3cnccc3c2)C[C@@H]1C(=O)O. The molecule has 1 aliphatic heterocycles. The lowest BCUT2D eigenvalue weighted by molar-refractivity contribution is -0.158. The molecule has 1 aromatic heterocycles. The van der Waals surface area contributed by atoms with Crippen molar-refractivity contribution in [3.8, 4) is 5.75 Å². The highest BCUT2D eigenvalue weighted by atomic mass is 16.5. The van der Waals surface area contributed by atoms with Gasteiger partial charge < -0.3 is 20.3 Å². The van der Waals surface area contributed by atoms with E-state index in [1.165, 1.54) is 7.11 Å². The van der Waals surface area contributed by atoms with Gasteiger partial charge in [0, 0.05) is 37.9 Å². The Labute approximate surface area is 156 Å². The molecule has 0 bridgehead atoms. The summed E-state index contributed by atoms with van der Waals surface area (Å²) < 4.78 is 11.3. The number of fused-ring (bicyclic) bond motifs is 1. The summed E-state index contributed by atoms with van der Waals surface area (Å²) in [5, 5.41) is 11.7. The molecule has 3 N–H and O–H groups in total. The largest absolute Gasteiger partial charge is 0.490 e. The highest BCUT2D eigenvalue weighted by Gasteiger charge is 2.38. The molecule has 1 amide bonds. The van der Waals surface area contributed by atoms with E-state index >= 15 is 0 Å². The number of rotatable bonds is 7. The van der Waals surface area contributed by atoms with E-state index in [0.29, 0.717) is 25.1 Å². The second-order valence-electron chi connectivity index (χ2n) is 6.60. The van der Waals surface area contributed by atoms with Crippen molar-refractivity contribution in [3.05, 3.63) is 36.7 Å². The van der Waals surface area contributed by atoms with Gasteiger partial charge in [0.05, 0.1) is 6.42 Å². The number of likely N-dealkylation sites (tertiary alicyclic amines) is 1. The molecule has 2 aromatic rings. The summed E-state index contributed by atoms with van der Waals surface area (Å²) in [5.41, 5.74) is 5.25. The smallest absolute Gasteiger partial charge is 0.321 e. The molecule has 0 aliphatic carbocycles. The number of nitrogens with zero attached hydrogens (tertiary/aromatic N) is 2. The van der Waals surface area contributed by atoms with Gasteiger partial charge in [-0.05, 0) is 36.1 Å². The zero-order chi connectivity index (χ0) is 19.4. The number of piperidine rings is 1. The van der Waals surface area contributed by atoms with Crippen LogP contribution in [-0.4, -0.2) is 58.9 Å². The summed E-state index contributed by atoms with van der Waals surface area (Å²) in [6, 6.07) is 6.80. The minimum atomic E-state index is -0.973. The number of ether oxygens (including phenoxy) is 2. The average molecular weight is 373 g/mol. The molecule has 1 saturated heterocycles. The number of nitrogens with two attached hydrogens (primary N) is 1. The third-order valence-corrected chi connectivity index (χ3v) is 4.81. The van der Waals surface area contributed by atoms with E-state index in [1.807, 2.05) is 24.3 Å². The molecule has 144 valence electrons. The molecule has 3 rings (SSSR count). The first-order chi connectivity index (χ1) is 13.0. The first-order valence-corrected chi connectivity index (χ1v) is 8.78. The monoisotopic (exact) mass is 373 g/mol. The summed E-state index contributed by atoms with van der Waals surface area (Å²) in [7, 11) is 1.44. The molecule has 2 heterocycles. The number of hydrogen-bond donors (Lipinski definition) is 2. The number of aliphatic carboxylic acids is 1. The van der Waals surface area contributed by atoms with Crippen molar-refractivity contribution < 1.29 is 24.2 Å². The fourth-order valence-electron chi connectivity index (χ4n) is 3.48. The molecule has 1 aromatic carbocycles. The summed E-state index contributed by atoms with van der Waals surface area (Å²) in [6.07, 6.45) is 3.46. The maximum absolute atomic E-state index is 11.8. The van der Waals surface area contributed by atoms with Gasteiger partial charge in [-0.3, -0.25) is 19.5 Å². The second kappa shape index (κ2) is 8.32. The van der Waals surface area contributed by atoms with E-state index in [4.69, 9.17) is 15.2 Å². The standard InChI is InChI=1S/C19H23N3O5/c1-26-18(10-17(20)23)22-7-5-15(9-16(22)19(24)25)27-14-3-2-13-11-21-6-4-12(13)8-14/h2-4,6,8,11,15-16,18H,5,7,9-10H2,1H3,(H2,20,23)(H,24,25)/t15-,16-,18?/m1/s1. The lowest BCUT2D eigenvalue weighted by Crippen LogP contribution is -2.55. The number of carboxylic acid groups (broad SMARTS) is 1. The zero-order valence-electron chi connectivity index (χ0n) is 15.1. The molecular formula is C19H23N3O5. The number of amides is 1. The number of primary amides is 1. The molecule has 1 aliphatic rings. The van der Waals surface area contributed by atoms with Crippen LogP contribution in [0.4, 0.5) is 0 Å². The maximum Gasteiger partial charge on any atom is 0.321 e. The van der Waals surface area contributed by atoms with E-state index in [-0.39, 0.29) is 12.5 Å². The van der Waals surface area contributed by atoms with E-state index < -0.39 is 24.1 Å². The number of benzene rings is 1. The van der Waals surface area contributed by atoms with Gasteiger partial charge in [0.25, 0.3) is 0 Å². The zero-order valence-corrected chi connectivity index (χ0v) is 15.1.